The first-order valence-corrected chi connectivity index (χ1v) is 4.66. The number of amides is 1. The van der Waals surface area contributed by atoms with Gasteiger partial charge < -0.3 is 11.1 Å². The Kier molecular flexibility index (Phi) is 8.03. The lowest BCUT2D eigenvalue weighted by Gasteiger charge is -1.99. The van der Waals surface area contributed by atoms with Crippen molar-refractivity contribution in [3.63, 3.8) is 0 Å². The Labute approximate surface area is 96.0 Å². The largest absolute Gasteiger partial charge is 0.341 e. The Morgan fingerprint density at radius 2 is 1.81 bits per heavy atom. The smallest absolute Gasteiger partial charge is 0.252 e. The van der Waals surface area contributed by atoms with Crippen molar-refractivity contribution in [1.29, 1.82) is 0 Å². The Bertz CT molecular complexity index is 385. The van der Waals surface area contributed by atoms with Crippen molar-refractivity contribution in [2.75, 3.05) is 13.1 Å². The normalized spacial score (nSPS) is 7.69. The number of nitrogens with one attached hydrogen (secondary N) is 1. The highest BCUT2D eigenvalue weighted by atomic mass is 16.1. The fourth-order valence-electron chi connectivity index (χ4n) is 0.823. The Morgan fingerprint density at radius 1 is 1.25 bits per heavy atom. The summed E-state index contributed by atoms with van der Waals surface area (Å²) in [5.41, 5.74) is 5.42. The highest BCUT2D eigenvalue weighted by Gasteiger charge is 2.00. The minimum absolute atomic E-state index is 0.131. The van der Waals surface area contributed by atoms with E-state index in [0.29, 0.717) is 12.1 Å². The molecule has 1 rings (SSSR count). The zero-order chi connectivity index (χ0) is 12.2. The van der Waals surface area contributed by atoms with Gasteiger partial charge in [0, 0.05) is 5.56 Å². The predicted octanol–water partition coefficient (Wildman–Crippen LogP) is 0.628. The first-order chi connectivity index (χ1) is 7.76. The summed E-state index contributed by atoms with van der Waals surface area (Å²) < 4.78 is 0. The van der Waals surface area contributed by atoms with Crippen LogP contribution in [-0.4, -0.2) is 19.0 Å². The molecule has 1 aromatic carbocycles. The second-order valence-electron chi connectivity index (χ2n) is 2.66. The third kappa shape index (κ3) is 6.26. The zero-order valence-electron chi connectivity index (χ0n) is 8.94. The van der Waals surface area contributed by atoms with E-state index in [4.69, 9.17) is 12.2 Å². The van der Waals surface area contributed by atoms with Crippen molar-refractivity contribution in [3.8, 4) is 24.7 Å². The van der Waals surface area contributed by atoms with E-state index in [-0.39, 0.29) is 12.5 Å². The summed E-state index contributed by atoms with van der Waals surface area (Å²) in [5, 5.41) is 2.57. The van der Waals surface area contributed by atoms with Crippen LogP contribution < -0.4 is 11.1 Å². The molecule has 0 aliphatic rings. The SMILES string of the molecule is C#CCN.C#CCNC(=O)c1ccccc1. The summed E-state index contributed by atoms with van der Waals surface area (Å²) in [4.78, 5) is 11.2. The van der Waals surface area contributed by atoms with Crippen LogP contribution >= 0.6 is 0 Å². The average molecular weight is 214 g/mol. The molecule has 0 atom stereocenters. The molecule has 82 valence electrons. The van der Waals surface area contributed by atoms with E-state index in [1.165, 1.54) is 0 Å². The quantitative estimate of drug-likeness (QED) is 0.709. The number of carbonyl (C=O) groups is 1. The van der Waals surface area contributed by atoms with Gasteiger partial charge in [-0.15, -0.1) is 12.8 Å². The van der Waals surface area contributed by atoms with Crippen molar-refractivity contribution in [2.45, 2.75) is 0 Å². The van der Waals surface area contributed by atoms with Crippen LogP contribution in [-0.2, 0) is 0 Å². The maximum absolute atomic E-state index is 11.2. The monoisotopic (exact) mass is 214 g/mol. The van der Waals surface area contributed by atoms with Gasteiger partial charge in [0.25, 0.3) is 5.91 Å². The van der Waals surface area contributed by atoms with Crippen LogP contribution in [0, 0.1) is 24.7 Å². The Balaban J connectivity index is 0.000000487. The molecule has 1 aromatic rings. The molecule has 0 heterocycles. The highest BCUT2D eigenvalue weighted by molar-refractivity contribution is 5.94. The first-order valence-electron chi connectivity index (χ1n) is 4.66. The average Bonchev–Trinajstić information content (AvgIpc) is 2.37. The van der Waals surface area contributed by atoms with Crippen molar-refractivity contribution in [3.05, 3.63) is 35.9 Å². The summed E-state index contributed by atoms with van der Waals surface area (Å²) in [6, 6.07) is 8.96. The van der Waals surface area contributed by atoms with Crippen molar-refractivity contribution in [2.24, 2.45) is 5.73 Å². The molecule has 1 amide bonds. The summed E-state index contributed by atoms with van der Waals surface area (Å²) in [6.45, 7) is 0.619. The lowest BCUT2D eigenvalue weighted by Crippen LogP contribution is -2.23. The minimum Gasteiger partial charge on any atom is -0.341 e. The number of benzene rings is 1. The van der Waals surface area contributed by atoms with Gasteiger partial charge in [0.05, 0.1) is 13.1 Å². The number of terminal acetylenes is 2. The lowest BCUT2D eigenvalue weighted by atomic mass is 10.2. The van der Waals surface area contributed by atoms with Gasteiger partial charge in [-0.05, 0) is 12.1 Å². The van der Waals surface area contributed by atoms with E-state index in [1.54, 1.807) is 12.1 Å². The molecule has 3 N–H and O–H groups in total. The Morgan fingerprint density at radius 3 is 2.25 bits per heavy atom. The summed E-state index contributed by atoms with van der Waals surface area (Å²) >= 11 is 0. The van der Waals surface area contributed by atoms with E-state index in [0.717, 1.165) is 0 Å². The fraction of sp³-hybridized carbons (Fsp3) is 0.154. The number of hydrogen-bond donors (Lipinski definition) is 2. The number of hydrogen-bond acceptors (Lipinski definition) is 2. The van der Waals surface area contributed by atoms with Gasteiger partial charge in [-0.25, -0.2) is 0 Å². The van der Waals surface area contributed by atoms with Crippen LogP contribution in [0.2, 0.25) is 0 Å². The third-order valence-corrected chi connectivity index (χ3v) is 1.50. The van der Waals surface area contributed by atoms with Crippen LogP contribution in [0.1, 0.15) is 10.4 Å². The van der Waals surface area contributed by atoms with Gasteiger partial charge in [0.1, 0.15) is 0 Å². The summed E-state index contributed by atoms with van der Waals surface area (Å²) in [6.07, 6.45) is 9.64. The van der Waals surface area contributed by atoms with Crippen LogP contribution in [0.15, 0.2) is 30.3 Å². The van der Waals surface area contributed by atoms with Gasteiger partial charge in [-0.1, -0.05) is 30.0 Å². The Hall–Kier alpha value is -2.23. The van der Waals surface area contributed by atoms with Crippen molar-refractivity contribution in [1.82, 2.24) is 5.32 Å². The highest BCUT2D eigenvalue weighted by Crippen LogP contribution is 1.96. The van der Waals surface area contributed by atoms with Gasteiger partial charge in [0.15, 0.2) is 0 Å². The molecule has 0 bridgehead atoms. The van der Waals surface area contributed by atoms with Crippen LogP contribution in [0.3, 0.4) is 0 Å². The molecule has 0 aliphatic heterocycles. The van der Waals surface area contributed by atoms with E-state index in [9.17, 15) is 4.79 Å². The molecular weight excluding hydrogens is 200 g/mol. The standard InChI is InChI=1S/C10H9NO.C3H5N/c1-2-8-11-10(12)9-6-4-3-5-7-9;1-2-3-4/h1,3-7H,8H2,(H,11,12);1H,3-4H2. The van der Waals surface area contributed by atoms with Crippen molar-refractivity contribution >= 4 is 5.91 Å². The molecule has 3 heteroatoms. The number of nitrogens with two attached hydrogens (primary N) is 1. The molecule has 0 saturated heterocycles. The van der Waals surface area contributed by atoms with Gasteiger partial charge in [-0.3, -0.25) is 4.79 Å². The van der Waals surface area contributed by atoms with Crippen LogP contribution in [0.4, 0.5) is 0 Å². The minimum atomic E-state index is -0.131. The molecule has 0 saturated carbocycles. The zero-order valence-corrected chi connectivity index (χ0v) is 8.94. The molecule has 0 spiro atoms. The van der Waals surface area contributed by atoms with Gasteiger partial charge in [0.2, 0.25) is 0 Å². The molecule has 3 nitrogen and oxygen atoms in total. The molecular formula is C13H14N2O. The van der Waals surface area contributed by atoms with E-state index in [1.807, 2.05) is 18.2 Å². The molecule has 0 radical (unpaired) electrons. The third-order valence-electron chi connectivity index (χ3n) is 1.50. The predicted molar refractivity (Wildman–Crippen MR) is 65.5 cm³/mol. The van der Waals surface area contributed by atoms with Crippen LogP contribution in [0.5, 0.6) is 0 Å². The molecule has 16 heavy (non-hydrogen) atoms. The first kappa shape index (κ1) is 13.8. The topological polar surface area (TPSA) is 55.1 Å². The summed E-state index contributed by atoms with van der Waals surface area (Å²) in [7, 11) is 0. The summed E-state index contributed by atoms with van der Waals surface area (Å²) in [5.74, 6) is 4.41. The number of carbonyl (C=O) groups excluding carboxylic acids is 1. The van der Waals surface area contributed by atoms with Crippen molar-refractivity contribution < 1.29 is 4.79 Å². The molecule has 0 aromatic heterocycles. The second-order valence-corrected chi connectivity index (χ2v) is 2.66. The van der Waals surface area contributed by atoms with Crippen LogP contribution in [0.25, 0.3) is 0 Å². The van der Waals surface area contributed by atoms with E-state index < -0.39 is 0 Å². The number of rotatable bonds is 2. The maximum Gasteiger partial charge on any atom is 0.252 e. The fourth-order valence-corrected chi connectivity index (χ4v) is 0.823. The van der Waals surface area contributed by atoms with E-state index >= 15 is 0 Å². The maximum atomic E-state index is 11.2. The molecule has 0 aliphatic carbocycles. The lowest BCUT2D eigenvalue weighted by molar-refractivity contribution is 0.0958. The van der Waals surface area contributed by atoms with Gasteiger partial charge in [-0.2, -0.15) is 0 Å². The second kappa shape index (κ2) is 9.33. The van der Waals surface area contributed by atoms with E-state index in [2.05, 4.69) is 23.6 Å². The molecule has 0 fully saturated rings. The molecule has 0 unspecified atom stereocenters. The van der Waals surface area contributed by atoms with Gasteiger partial charge >= 0.3 is 0 Å².